The number of halogens is 1. The van der Waals surface area contributed by atoms with Crippen LogP contribution < -0.4 is 0 Å². The van der Waals surface area contributed by atoms with Gasteiger partial charge in [0.15, 0.2) is 0 Å². The van der Waals surface area contributed by atoms with Gasteiger partial charge < -0.3 is 4.74 Å². The normalized spacial score (nSPS) is 15.4. The first kappa shape index (κ1) is 13.7. The SMILES string of the molecule is CCOC(=O)C(CBr)N1C(=O)c2ccccc2C1=O. The van der Waals surface area contributed by atoms with Gasteiger partial charge in [-0.05, 0) is 19.1 Å². The van der Waals surface area contributed by atoms with Gasteiger partial charge in [-0.1, -0.05) is 28.1 Å². The lowest BCUT2D eigenvalue weighted by Gasteiger charge is -2.22. The van der Waals surface area contributed by atoms with Crippen molar-refractivity contribution in [1.29, 1.82) is 0 Å². The molecule has 0 radical (unpaired) electrons. The molecule has 2 rings (SSSR count). The van der Waals surface area contributed by atoms with Gasteiger partial charge in [-0.15, -0.1) is 0 Å². The van der Waals surface area contributed by atoms with Crippen LogP contribution in [0.2, 0.25) is 0 Å². The maximum Gasteiger partial charge on any atom is 0.330 e. The highest BCUT2D eigenvalue weighted by atomic mass is 79.9. The minimum atomic E-state index is -0.938. The van der Waals surface area contributed by atoms with Crippen molar-refractivity contribution >= 4 is 33.7 Å². The van der Waals surface area contributed by atoms with Gasteiger partial charge in [-0.2, -0.15) is 0 Å². The number of ether oxygens (including phenoxy) is 1. The molecule has 0 aromatic heterocycles. The van der Waals surface area contributed by atoms with Crippen LogP contribution in [0.4, 0.5) is 0 Å². The molecule has 0 saturated heterocycles. The number of fused-ring (bicyclic) bond motifs is 1. The number of hydrogen-bond acceptors (Lipinski definition) is 4. The maximum atomic E-state index is 12.2. The molecule has 1 aliphatic rings. The van der Waals surface area contributed by atoms with Crippen LogP contribution in [0.25, 0.3) is 0 Å². The average Bonchev–Trinajstić information content (AvgIpc) is 2.66. The van der Waals surface area contributed by atoms with Gasteiger partial charge in [-0.3, -0.25) is 14.5 Å². The van der Waals surface area contributed by atoms with Crippen molar-refractivity contribution in [3.63, 3.8) is 0 Å². The molecule has 0 fully saturated rings. The van der Waals surface area contributed by atoms with Gasteiger partial charge in [0.1, 0.15) is 6.04 Å². The number of nitrogens with zero attached hydrogens (tertiary/aromatic N) is 1. The maximum absolute atomic E-state index is 12.2. The molecule has 1 aliphatic heterocycles. The summed E-state index contributed by atoms with van der Waals surface area (Å²) >= 11 is 3.15. The molecule has 0 N–H and O–H groups in total. The molecular formula is C13H12BrNO4. The molecule has 1 aromatic carbocycles. The molecule has 1 atom stereocenters. The molecule has 100 valence electrons. The number of benzene rings is 1. The third-order valence-electron chi connectivity index (χ3n) is 2.84. The van der Waals surface area contributed by atoms with Gasteiger partial charge in [-0.25, -0.2) is 4.79 Å². The van der Waals surface area contributed by atoms with E-state index >= 15 is 0 Å². The number of carbonyl (C=O) groups is 3. The Morgan fingerprint density at radius 1 is 1.26 bits per heavy atom. The standard InChI is InChI=1S/C13H12BrNO4/c1-2-19-13(18)10(7-14)15-11(16)8-5-3-4-6-9(8)12(15)17/h3-6,10H,2,7H2,1H3. The number of esters is 1. The Balaban J connectivity index is 2.35. The Morgan fingerprint density at radius 2 is 1.79 bits per heavy atom. The van der Waals surface area contributed by atoms with Crippen LogP contribution >= 0.6 is 15.9 Å². The zero-order chi connectivity index (χ0) is 14.0. The van der Waals surface area contributed by atoms with E-state index in [2.05, 4.69) is 15.9 Å². The summed E-state index contributed by atoms with van der Waals surface area (Å²) < 4.78 is 4.89. The molecule has 1 aromatic rings. The predicted octanol–water partition coefficient (Wildman–Crippen LogP) is 1.61. The van der Waals surface area contributed by atoms with Crippen LogP contribution in [-0.2, 0) is 9.53 Å². The third-order valence-corrected chi connectivity index (χ3v) is 3.46. The molecule has 0 bridgehead atoms. The fraction of sp³-hybridized carbons (Fsp3) is 0.308. The number of hydrogen-bond donors (Lipinski definition) is 0. The number of rotatable bonds is 4. The Labute approximate surface area is 118 Å². The van der Waals surface area contributed by atoms with Crippen molar-refractivity contribution in [2.45, 2.75) is 13.0 Å². The Bertz CT molecular complexity index is 508. The van der Waals surface area contributed by atoms with Gasteiger partial charge >= 0.3 is 5.97 Å². The molecule has 6 heteroatoms. The van der Waals surface area contributed by atoms with Gasteiger partial charge in [0.2, 0.25) is 0 Å². The largest absolute Gasteiger partial charge is 0.464 e. The summed E-state index contributed by atoms with van der Waals surface area (Å²) in [6, 6.07) is 5.58. The summed E-state index contributed by atoms with van der Waals surface area (Å²) in [5.41, 5.74) is 0.644. The molecule has 0 aliphatic carbocycles. The van der Waals surface area contributed by atoms with Crippen molar-refractivity contribution in [2.24, 2.45) is 0 Å². The van der Waals surface area contributed by atoms with Crippen molar-refractivity contribution < 1.29 is 19.1 Å². The van der Waals surface area contributed by atoms with E-state index < -0.39 is 23.8 Å². The quantitative estimate of drug-likeness (QED) is 0.479. The van der Waals surface area contributed by atoms with Crippen LogP contribution in [0.3, 0.4) is 0 Å². The lowest BCUT2D eigenvalue weighted by Crippen LogP contribution is -2.46. The van der Waals surface area contributed by atoms with Gasteiger partial charge in [0.25, 0.3) is 11.8 Å². The first-order valence-corrected chi connectivity index (χ1v) is 6.93. The highest BCUT2D eigenvalue weighted by Crippen LogP contribution is 2.25. The van der Waals surface area contributed by atoms with Crippen molar-refractivity contribution in [3.05, 3.63) is 35.4 Å². The monoisotopic (exact) mass is 325 g/mol. The zero-order valence-corrected chi connectivity index (χ0v) is 11.8. The summed E-state index contributed by atoms with van der Waals surface area (Å²) in [5.74, 6) is -1.51. The van der Waals surface area contributed by atoms with Crippen molar-refractivity contribution in [2.75, 3.05) is 11.9 Å². The fourth-order valence-corrected chi connectivity index (χ4v) is 2.52. The van der Waals surface area contributed by atoms with Crippen LogP contribution in [0, 0.1) is 0 Å². The third kappa shape index (κ3) is 2.28. The Morgan fingerprint density at radius 3 is 2.21 bits per heavy atom. The number of carbonyl (C=O) groups excluding carboxylic acids is 3. The van der Waals surface area contributed by atoms with E-state index in [0.29, 0.717) is 11.1 Å². The van der Waals surface area contributed by atoms with E-state index in [1.807, 2.05) is 0 Å². The lowest BCUT2D eigenvalue weighted by molar-refractivity contribution is -0.146. The van der Waals surface area contributed by atoms with Gasteiger partial charge in [0, 0.05) is 5.33 Å². The summed E-state index contributed by atoms with van der Waals surface area (Å²) in [7, 11) is 0. The van der Waals surface area contributed by atoms with Gasteiger partial charge in [0.05, 0.1) is 17.7 Å². The van der Waals surface area contributed by atoms with E-state index in [-0.39, 0.29) is 11.9 Å². The topological polar surface area (TPSA) is 63.7 Å². The highest BCUT2D eigenvalue weighted by molar-refractivity contribution is 9.09. The lowest BCUT2D eigenvalue weighted by atomic mass is 10.1. The second kappa shape index (κ2) is 5.52. The van der Waals surface area contributed by atoms with Crippen LogP contribution in [-0.4, -0.2) is 40.7 Å². The number of alkyl halides is 1. The van der Waals surface area contributed by atoms with Crippen LogP contribution in [0.5, 0.6) is 0 Å². The summed E-state index contributed by atoms with van der Waals surface area (Å²) in [6.45, 7) is 1.87. The second-order valence-electron chi connectivity index (χ2n) is 3.95. The summed E-state index contributed by atoms with van der Waals surface area (Å²) in [4.78, 5) is 37.1. The molecule has 19 heavy (non-hydrogen) atoms. The molecular weight excluding hydrogens is 314 g/mol. The first-order chi connectivity index (χ1) is 9.11. The van der Waals surface area contributed by atoms with E-state index in [0.717, 1.165) is 4.90 Å². The molecule has 1 heterocycles. The Hall–Kier alpha value is -1.69. The molecule has 2 amide bonds. The minimum Gasteiger partial charge on any atom is -0.464 e. The van der Waals surface area contributed by atoms with Crippen molar-refractivity contribution in [3.8, 4) is 0 Å². The minimum absolute atomic E-state index is 0.150. The first-order valence-electron chi connectivity index (χ1n) is 5.81. The summed E-state index contributed by atoms with van der Waals surface area (Å²) in [6.07, 6.45) is 0. The number of imide groups is 1. The number of amides is 2. The fourth-order valence-electron chi connectivity index (χ4n) is 1.97. The molecule has 5 nitrogen and oxygen atoms in total. The Kier molecular flexibility index (Phi) is 3.99. The van der Waals surface area contributed by atoms with E-state index in [4.69, 9.17) is 4.74 Å². The van der Waals surface area contributed by atoms with Crippen LogP contribution in [0.15, 0.2) is 24.3 Å². The highest BCUT2D eigenvalue weighted by Gasteiger charge is 2.42. The smallest absolute Gasteiger partial charge is 0.330 e. The van der Waals surface area contributed by atoms with Crippen LogP contribution in [0.1, 0.15) is 27.6 Å². The molecule has 0 spiro atoms. The van der Waals surface area contributed by atoms with E-state index in [1.54, 1.807) is 31.2 Å². The predicted molar refractivity (Wildman–Crippen MR) is 71.2 cm³/mol. The zero-order valence-electron chi connectivity index (χ0n) is 10.3. The van der Waals surface area contributed by atoms with E-state index in [9.17, 15) is 14.4 Å². The van der Waals surface area contributed by atoms with E-state index in [1.165, 1.54) is 0 Å². The average molecular weight is 326 g/mol. The molecule has 1 unspecified atom stereocenters. The second-order valence-corrected chi connectivity index (χ2v) is 4.60. The van der Waals surface area contributed by atoms with Crippen molar-refractivity contribution in [1.82, 2.24) is 4.90 Å². The molecule has 0 saturated carbocycles. The summed E-state index contributed by atoms with van der Waals surface area (Å²) in [5, 5.41) is 0.150.